The van der Waals surface area contributed by atoms with Gasteiger partial charge in [0.15, 0.2) is 12.1 Å². The third-order valence-corrected chi connectivity index (χ3v) is 6.95. The lowest BCUT2D eigenvalue weighted by atomic mass is 9.96. The molecule has 0 N–H and O–H groups in total. The molecule has 0 spiro atoms. The molecule has 0 aliphatic carbocycles. The lowest BCUT2D eigenvalue weighted by Gasteiger charge is -2.17. The van der Waals surface area contributed by atoms with E-state index in [1.165, 1.54) is 33.4 Å². The molecule has 0 fully saturated rings. The quantitative estimate of drug-likeness (QED) is 0.208. The van der Waals surface area contributed by atoms with Gasteiger partial charge in [0.05, 0.1) is 0 Å². The molecule has 2 nitrogen and oxygen atoms in total. The second-order valence-corrected chi connectivity index (χ2v) is 9.33. The summed E-state index contributed by atoms with van der Waals surface area (Å²) in [5, 5.41) is 0. The van der Waals surface area contributed by atoms with Crippen LogP contribution in [0.15, 0.2) is 164 Å². The van der Waals surface area contributed by atoms with Crippen molar-refractivity contribution in [2.24, 2.45) is 0 Å². The number of rotatable bonds is 7. The average Bonchev–Trinajstić information content (AvgIpc) is 3.45. The Morgan fingerprint density at radius 2 is 0.865 bits per heavy atom. The van der Waals surface area contributed by atoms with Gasteiger partial charge in [-0.25, -0.2) is 9.13 Å². The van der Waals surface area contributed by atoms with Crippen LogP contribution in [0.25, 0.3) is 11.1 Å². The first kappa shape index (κ1) is 22.8. The van der Waals surface area contributed by atoms with Crippen molar-refractivity contribution in [3.63, 3.8) is 0 Å². The normalized spacial score (nSPS) is 11.9. The Morgan fingerprint density at radius 1 is 0.432 bits per heavy atom. The molecule has 0 bridgehead atoms. The van der Waals surface area contributed by atoms with Crippen molar-refractivity contribution >= 4 is 0 Å². The molecule has 5 aromatic carbocycles. The number of imidazole rings is 1. The minimum Gasteiger partial charge on any atom is -0.226 e. The van der Waals surface area contributed by atoms with Crippen molar-refractivity contribution in [2.75, 3.05) is 0 Å². The number of hydrogen-bond donors (Lipinski definition) is 0. The fraction of sp³-hybridized carbons (Fsp3) is 0.0571. The molecular formula is C35H29N2+. The smallest absolute Gasteiger partial charge is 0.226 e. The first-order valence-corrected chi connectivity index (χ1v) is 12.8. The Bertz CT molecular complexity index is 1500. The third kappa shape index (κ3) is 4.87. The molecule has 37 heavy (non-hydrogen) atoms. The minimum atomic E-state index is 0.0690. The highest BCUT2D eigenvalue weighted by molar-refractivity contribution is 5.63. The van der Waals surface area contributed by atoms with Gasteiger partial charge in [-0.15, -0.1) is 0 Å². The largest absolute Gasteiger partial charge is 0.245 e. The zero-order valence-corrected chi connectivity index (χ0v) is 20.6. The summed E-state index contributed by atoms with van der Waals surface area (Å²) in [5.74, 6) is 0. The van der Waals surface area contributed by atoms with Crippen LogP contribution in [0, 0.1) is 0 Å². The van der Waals surface area contributed by atoms with Crippen molar-refractivity contribution in [1.82, 2.24) is 4.57 Å². The van der Waals surface area contributed by atoms with Gasteiger partial charge in [-0.3, -0.25) is 0 Å². The molecule has 1 unspecified atom stereocenters. The number of nitrogens with zero attached hydrogens (tertiary/aromatic N) is 2. The Balaban J connectivity index is 1.42. The van der Waals surface area contributed by atoms with Crippen LogP contribution in [0.5, 0.6) is 0 Å². The monoisotopic (exact) mass is 477 g/mol. The van der Waals surface area contributed by atoms with Gasteiger partial charge < -0.3 is 0 Å². The van der Waals surface area contributed by atoms with E-state index < -0.39 is 0 Å². The van der Waals surface area contributed by atoms with Crippen LogP contribution < -0.4 is 4.57 Å². The molecule has 1 atom stereocenters. The summed E-state index contributed by atoms with van der Waals surface area (Å²) < 4.78 is 4.64. The van der Waals surface area contributed by atoms with E-state index in [0.29, 0.717) is 0 Å². The van der Waals surface area contributed by atoms with Crippen LogP contribution in [-0.2, 0) is 0 Å². The fourth-order valence-corrected chi connectivity index (χ4v) is 5.16. The molecule has 1 aromatic heterocycles. The van der Waals surface area contributed by atoms with Crippen LogP contribution in [0.4, 0.5) is 0 Å². The SMILES string of the molecule is c1ccc(-c2ccc(C(c3ccccc3)n3cc[n+](C(c4ccccc4)c4ccccc4)c3)cc2)cc1. The van der Waals surface area contributed by atoms with Crippen molar-refractivity contribution < 1.29 is 4.57 Å². The van der Waals surface area contributed by atoms with Gasteiger partial charge in [-0.1, -0.05) is 146 Å². The van der Waals surface area contributed by atoms with Crippen molar-refractivity contribution in [2.45, 2.75) is 12.1 Å². The van der Waals surface area contributed by atoms with Gasteiger partial charge in [0, 0.05) is 22.3 Å². The van der Waals surface area contributed by atoms with E-state index in [4.69, 9.17) is 0 Å². The summed E-state index contributed by atoms with van der Waals surface area (Å²) in [5.41, 5.74) is 7.50. The zero-order chi connectivity index (χ0) is 24.9. The zero-order valence-electron chi connectivity index (χ0n) is 20.6. The summed E-state index contributed by atoms with van der Waals surface area (Å²) in [4.78, 5) is 0. The van der Waals surface area contributed by atoms with Crippen molar-refractivity contribution in [3.8, 4) is 11.1 Å². The maximum absolute atomic E-state index is 2.33. The van der Waals surface area contributed by atoms with Crippen LogP contribution in [-0.4, -0.2) is 4.57 Å². The van der Waals surface area contributed by atoms with Gasteiger partial charge >= 0.3 is 0 Å². The highest BCUT2D eigenvalue weighted by Crippen LogP contribution is 2.29. The Hall–Kier alpha value is -4.69. The molecular weight excluding hydrogens is 448 g/mol. The van der Waals surface area contributed by atoms with E-state index in [2.05, 4.69) is 173 Å². The predicted molar refractivity (Wildman–Crippen MR) is 150 cm³/mol. The van der Waals surface area contributed by atoms with Gasteiger partial charge in [-0.05, 0) is 11.1 Å². The van der Waals surface area contributed by atoms with Crippen molar-refractivity contribution in [3.05, 3.63) is 187 Å². The summed E-state index contributed by atoms with van der Waals surface area (Å²) >= 11 is 0. The molecule has 0 saturated carbocycles. The van der Waals surface area contributed by atoms with E-state index in [1.807, 2.05) is 0 Å². The highest BCUT2D eigenvalue weighted by Gasteiger charge is 2.26. The highest BCUT2D eigenvalue weighted by atomic mass is 15.1. The molecule has 0 radical (unpaired) electrons. The third-order valence-electron chi connectivity index (χ3n) is 6.95. The molecule has 6 rings (SSSR count). The average molecular weight is 478 g/mol. The molecule has 178 valence electrons. The number of benzene rings is 5. The standard InChI is InChI=1S/C35H29N2/c1-5-13-28(14-6-1)29-21-23-33(24-22-29)35(32-19-11-4-12-20-32)37-26-25-36(27-37)34(30-15-7-2-8-16-30)31-17-9-3-10-18-31/h1-27,34-35H/q+1. The minimum absolute atomic E-state index is 0.0690. The van der Waals surface area contributed by atoms with E-state index in [1.54, 1.807) is 0 Å². The maximum atomic E-state index is 2.33. The summed E-state index contributed by atoms with van der Waals surface area (Å²) in [6, 6.07) is 51.9. The van der Waals surface area contributed by atoms with Gasteiger partial charge in [0.1, 0.15) is 12.4 Å². The topological polar surface area (TPSA) is 8.81 Å². The van der Waals surface area contributed by atoms with Crippen LogP contribution in [0.3, 0.4) is 0 Å². The van der Waals surface area contributed by atoms with Crippen LogP contribution >= 0.6 is 0 Å². The van der Waals surface area contributed by atoms with Crippen LogP contribution in [0.1, 0.15) is 34.3 Å². The lowest BCUT2D eigenvalue weighted by molar-refractivity contribution is -0.704. The molecule has 0 aliphatic rings. The molecule has 0 amide bonds. The lowest BCUT2D eigenvalue weighted by Crippen LogP contribution is -2.39. The van der Waals surface area contributed by atoms with Gasteiger partial charge in [0.25, 0.3) is 0 Å². The predicted octanol–water partition coefficient (Wildman–Crippen LogP) is 7.72. The first-order chi connectivity index (χ1) is 18.4. The Kier molecular flexibility index (Phi) is 6.46. The van der Waals surface area contributed by atoms with Gasteiger partial charge in [-0.2, -0.15) is 0 Å². The molecule has 2 heteroatoms. The second-order valence-electron chi connectivity index (χ2n) is 9.33. The summed E-state index contributed by atoms with van der Waals surface area (Å²) in [6.07, 6.45) is 6.63. The van der Waals surface area contributed by atoms with E-state index >= 15 is 0 Å². The number of hydrogen-bond acceptors (Lipinski definition) is 0. The van der Waals surface area contributed by atoms with E-state index in [-0.39, 0.29) is 12.1 Å². The van der Waals surface area contributed by atoms with E-state index in [9.17, 15) is 0 Å². The fourth-order valence-electron chi connectivity index (χ4n) is 5.16. The number of aromatic nitrogens is 2. The summed E-state index contributed by atoms with van der Waals surface area (Å²) in [6.45, 7) is 0. The maximum Gasteiger partial charge on any atom is 0.245 e. The first-order valence-electron chi connectivity index (χ1n) is 12.8. The molecule has 6 aromatic rings. The second kappa shape index (κ2) is 10.5. The molecule has 1 heterocycles. The Morgan fingerprint density at radius 3 is 1.41 bits per heavy atom. The van der Waals surface area contributed by atoms with E-state index in [0.717, 1.165) is 0 Å². The summed E-state index contributed by atoms with van der Waals surface area (Å²) in [7, 11) is 0. The van der Waals surface area contributed by atoms with Crippen LogP contribution in [0.2, 0.25) is 0 Å². The molecule has 0 aliphatic heterocycles. The van der Waals surface area contributed by atoms with Crippen molar-refractivity contribution in [1.29, 1.82) is 0 Å². The Labute approximate surface area is 218 Å². The van der Waals surface area contributed by atoms with Gasteiger partial charge in [0.2, 0.25) is 6.33 Å². The molecule has 0 saturated heterocycles.